The van der Waals surface area contributed by atoms with Crippen molar-refractivity contribution in [3.63, 3.8) is 0 Å². The molecular formula is C17H21N3O3. The van der Waals surface area contributed by atoms with Gasteiger partial charge in [-0.05, 0) is 31.2 Å². The highest BCUT2D eigenvalue weighted by atomic mass is 16.5. The number of carbonyl (C=O) groups excluding carboxylic acids is 1. The molecule has 1 amide bonds. The van der Waals surface area contributed by atoms with Gasteiger partial charge in [-0.25, -0.2) is 4.98 Å². The molecule has 3 N–H and O–H groups in total. The van der Waals surface area contributed by atoms with Gasteiger partial charge < -0.3 is 20.5 Å². The van der Waals surface area contributed by atoms with Crippen LogP contribution in [0.2, 0.25) is 0 Å². The summed E-state index contributed by atoms with van der Waals surface area (Å²) in [6, 6.07) is 10.9. The van der Waals surface area contributed by atoms with Crippen molar-refractivity contribution in [2.75, 3.05) is 13.7 Å². The molecule has 0 spiro atoms. The molecule has 0 radical (unpaired) electrons. The third kappa shape index (κ3) is 5.27. The zero-order valence-electron chi connectivity index (χ0n) is 13.1. The Hall–Kier alpha value is -2.60. The summed E-state index contributed by atoms with van der Waals surface area (Å²) in [6.07, 6.45) is 2.74. The largest absolute Gasteiger partial charge is 0.497 e. The summed E-state index contributed by atoms with van der Waals surface area (Å²) in [5.74, 6) is 1.75. The second-order valence-electron chi connectivity index (χ2n) is 4.92. The van der Waals surface area contributed by atoms with E-state index in [-0.39, 0.29) is 5.91 Å². The van der Waals surface area contributed by atoms with Crippen molar-refractivity contribution in [1.29, 1.82) is 0 Å². The molecule has 2 rings (SSSR count). The molecule has 23 heavy (non-hydrogen) atoms. The van der Waals surface area contributed by atoms with Crippen molar-refractivity contribution in [3.8, 4) is 17.4 Å². The van der Waals surface area contributed by atoms with E-state index in [4.69, 9.17) is 15.2 Å². The third-order valence-corrected chi connectivity index (χ3v) is 3.19. The number of hydrogen-bond donors (Lipinski definition) is 2. The molecule has 6 heteroatoms. The zero-order valence-corrected chi connectivity index (χ0v) is 13.1. The molecule has 122 valence electrons. The molecule has 6 nitrogen and oxygen atoms in total. The van der Waals surface area contributed by atoms with E-state index in [2.05, 4.69) is 10.3 Å². The van der Waals surface area contributed by atoms with Gasteiger partial charge in [0, 0.05) is 30.8 Å². The van der Waals surface area contributed by atoms with E-state index < -0.39 is 0 Å². The highest BCUT2D eigenvalue weighted by Crippen LogP contribution is 2.26. The van der Waals surface area contributed by atoms with Crippen LogP contribution in [0.3, 0.4) is 0 Å². The summed E-state index contributed by atoms with van der Waals surface area (Å²) in [6.45, 7) is 0.862. The monoisotopic (exact) mass is 315 g/mol. The number of pyridine rings is 1. The number of aromatic nitrogens is 1. The zero-order chi connectivity index (χ0) is 16.5. The van der Waals surface area contributed by atoms with Crippen LogP contribution in [-0.4, -0.2) is 24.5 Å². The lowest BCUT2D eigenvalue weighted by molar-refractivity contribution is -0.121. The molecule has 0 aliphatic rings. The summed E-state index contributed by atoms with van der Waals surface area (Å²) in [4.78, 5) is 15.9. The molecule has 0 aliphatic carbocycles. The van der Waals surface area contributed by atoms with Crippen molar-refractivity contribution in [2.24, 2.45) is 5.73 Å². The Kier molecular flexibility index (Phi) is 6.38. The van der Waals surface area contributed by atoms with E-state index in [0.29, 0.717) is 43.3 Å². The fraction of sp³-hybridized carbons (Fsp3) is 0.294. The van der Waals surface area contributed by atoms with E-state index in [1.807, 2.05) is 24.3 Å². The number of nitrogens with zero attached hydrogens (tertiary/aromatic N) is 1. The van der Waals surface area contributed by atoms with Crippen LogP contribution in [0.4, 0.5) is 0 Å². The van der Waals surface area contributed by atoms with Crippen molar-refractivity contribution < 1.29 is 14.3 Å². The standard InChI is InChI=1S/C17H21N3O3/c1-22-14-6-2-7-15(11-14)23-17-13(5-4-10-19-17)12-20-16(21)8-3-9-18/h2,4-7,10-11H,3,8-9,12,18H2,1H3,(H,20,21). The van der Waals surface area contributed by atoms with Gasteiger partial charge in [0.05, 0.1) is 7.11 Å². The highest BCUT2D eigenvalue weighted by molar-refractivity contribution is 5.75. The molecule has 1 aromatic heterocycles. The van der Waals surface area contributed by atoms with Crippen molar-refractivity contribution in [3.05, 3.63) is 48.2 Å². The molecule has 0 aliphatic heterocycles. The minimum atomic E-state index is -0.0355. The first-order valence-corrected chi connectivity index (χ1v) is 7.45. The Balaban J connectivity index is 2.03. The number of carbonyl (C=O) groups is 1. The number of rotatable bonds is 8. The molecule has 0 saturated carbocycles. The van der Waals surface area contributed by atoms with Crippen LogP contribution in [0.25, 0.3) is 0 Å². The SMILES string of the molecule is COc1cccc(Oc2ncccc2CNC(=O)CCCN)c1. The topological polar surface area (TPSA) is 86.5 Å². The lowest BCUT2D eigenvalue weighted by Gasteiger charge is -2.11. The predicted octanol–water partition coefficient (Wildman–Crippen LogP) is 2.24. The van der Waals surface area contributed by atoms with Crippen LogP contribution in [0, 0.1) is 0 Å². The second-order valence-corrected chi connectivity index (χ2v) is 4.92. The van der Waals surface area contributed by atoms with E-state index >= 15 is 0 Å². The lowest BCUT2D eigenvalue weighted by Crippen LogP contribution is -2.23. The Labute approximate surface area is 135 Å². The molecule has 1 heterocycles. The number of amides is 1. The summed E-state index contributed by atoms with van der Waals surface area (Å²) >= 11 is 0. The lowest BCUT2D eigenvalue weighted by atomic mass is 10.2. The molecule has 0 saturated heterocycles. The van der Waals surface area contributed by atoms with Gasteiger partial charge >= 0.3 is 0 Å². The first-order valence-electron chi connectivity index (χ1n) is 7.45. The predicted molar refractivity (Wildman–Crippen MR) is 87.4 cm³/mol. The van der Waals surface area contributed by atoms with Crippen molar-refractivity contribution in [2.45, 2.75) is 19.4 Å². The molecule has 1 aromatic carbocycles. The smallest absolute Gasteiger partial charge is 0.224 e. The number of hydrogen-bond acceptors (Lipinski definition) is 5. The van der Waals surface area contributed by atoms with E-state index in [0.717, 1.165) is 5.56 Å². The fourth-order valence-corrected chi connectivity index (χ4v) is 1.97. The quantitative estimate of drug-likeness (QED) is 0.780. The van der Waals surface area contributed by atoms with Crippen molar-refractivity contribution >= 4 is 5.91 Å². The summed E-state index contributed by atoms with van der Waals surface area (Å²) in [5, 5.41) is 2.84. The Bertz CT molecular complexity index is 646. The van der Waals surface area contributed by atoms with Crippen LogP contribution >= 0.6 is 0 Å². The maximum atomic E-state index is 11.7. The molecular weight excluding hydrogens is 294 g/mol. The van der Waals surface area contributed by atoms with Gasteiger partial charge in [-0.3, -0.25) is 4.79 Å². The number of nitrogens with one attached hydrogen (secondary N) is 1. The van der Waals surface area contributed by atoms with Gasteiger partial charge in [0.2, 0.25) is 11.8 Å². The van der Waals surface area contributed by atoms with Crippen LogP contribution < -0.4 is 20.5 Å². The molecule has 2 aromatic rings. The summed E-state index contributed by atoms with van der Waals surface area (Å²) in [5.41, 5.74) is 6.20. The molecule has 0 atom stereocenters. The minimum Gasteiger partial charge on any atom is -0.497 e. The average Bonchev–Trinajstić information content (AvgIpc) is 2.59. The number of benzene rings is 1. The number of ether oxygens (including phenoxy) is 2. The van der Waals surface area contributed by atoms with E-state index in [9.17, 15) is 4.79 Å². The van der Waals surface area contributed by atoms with Gasteiger partial charge in [0.1, 0.15) is 11.5 Å². The Morgan fingerprint density at radius 3 is 2.87 bits per heavy atom. The Morgan fingerprint density at radius 2 is 2.09 bits per heavy atom. The van der Waals surface area contributed by atoms with Gasteiger partial charge in [-0.15, -0.1) is 0 Å². The van der Waals surface area contributed by atoms with Gasteiger partial charge in [-0.2, -0.15) is 0 Å². The highest BCUT2D eigenvalue weighted by Gasteiger charge is 2.08. The third-order valence-electron chi connectivity index (χ3n) is 3.19. The normalized spacial score (nSPS) is 10.2. The van der Waals surface area contributed by atoms with E-state index in [1.165, 1.54) is 0 Å². The van der Waals surface area contributed by atoms with E-state index in [1.54, 1.807) is 25.4 Å². The fourth-order valence-electron chi connectivity index (χ4n) is 1.97. The van der Waals surface area contributed by atoms with Gasteiger partial charge in [-0.1, -0.05) is 12.1 Å². The first kappa shape index (κ1) is 16.8. The van der Waals surface area contributed by atoms with Gasteiger partial charge in [0.15, 0.2) is 0 Å². The maximum Gasteiger partial charge on any atom is 0.224 e. The number of methoxy groups -OCH3 is 1. The van der Waals surface area contributed by atoms with Crippen LogP contribution in [-0.2, 0) is 11.3 Å². The van der Waals surface area contributed by atoms with Crippen LogP contribution in [0.1, 0.15) is 18.4 Å². The summed E-state index contributed by atoms with van der Waals surface area (Å²) < 4.78 is 11.0. The first-order chi connectivity index (χ1) is 11.2. The molecule has 0 bridgehead atoms. The van der Waals surface area contributed by atoms with Crippen molar-refractivity contribution in [1.82, 2.24) is 10.3 Å². The number of nitrogens with two attached hydrogens (primary N) is 1. The van der Waals surface area contributed by atoms with Gasteiger partial charge in [0.25, 0.3) is 0 Å². The average molecular weight is 315 g/mol. The molecule has 0 fully saturated rings. The maximum absolute atomic E-state index is 11.7. The second kappa shape index (κ2) is 8.75. The minimum absolute atomic E-state index is 0.0355. The van der Waals surface area contributed by atoms with Crippen LogP contribution in [0.15, 0.2) is 42.6 Å². The summed E-state index contributed by atoms with van der Waals surface area (Å²) in [7, 11) is 1.60. The molecule has 0 unspecified atom stereocenters. The van der Waals surface area contributed by atoms with Crippen LogP contribution in [0.5, 0.6) is 17.4 Å². The Morgan fingerprint density at radius 1 is 1.26 bits per heavy atom.